The Balaban J connectivity index is 2.61. The zero-order valence-corrected chi connectivity index (χ0v) is 17.4. The van der Waals surface area contributed by atoms with Gasteiger partial charge in [0.25, 0.3) is 0 Å². The van der Waals surface area contributed by atoms with Crippen LogP contribution in [0.15, 0.2) is 0 Å². The minimum atomic E-state index is -0.261. The Labute approximate surface area is 165 Å². The molecule has 1 aliphatic carbocycles. The number of nitrogens with one attached hydrogen (secondary N) is 2. The SMILES string of the molecule is CCCCCCNC(=O)[C@H](CCCCN)NC1CCCCC1C(=O)OCC. The second-order valence-electron chi connectivity index (χ2n) is 7.60. The highest BCUT2D eigenvalue weighted by Crippen LogP contribution is 2.26. The molecule has 1 rings (SSSR count). The molecule has 0 aliphatic heterocycles. The Hall–Kier alpha value is -1.14. The highest BCUT2D eigenvalue weighted by Gasteiger charge is 2.34. The fraction of sp³-hybridized carbons (Fsp3) is 0.905. The predicted molar refractivity (Wildman–Crippen MR) is 109 cm³/mol. The van der Waals surface area contributed by atoms with Gasteiger partial charge in [0.2, 0.25) is 5.91 Å². The maximum Gasteiger partial charge on any atom is 0.310 e. The molecule has 0 aromatic heterocycles. The van der Waals surface area contributed by atoms with Gasteiger partial charge in [-0.2, -0.15) is 0 Å². The molecule has 2 unspecified atom stereocenters. The number of carbonyl (C=O) groups excluding carboxylic acids is 2. The average molecular weight is 384 g/mol. The molecule has 1 amide bonds. The van der Waals surface area contributed by atoms with E-state index in [1.54, 1.807) is 0 Å². The van der Waals surface area contributed by atoms with Crippen molar-refractivity contribution in [3.63, 3.8) is 0 Å². The van der Waals surface area contributed by atoms with Crippen molar-refractivity contribution in [3.8, 4) is 0 Å². The second-order valence-corrected chi connectivity index (χ2v) is 7.60. The minimum absolute atomic E-state index is 0.0199. The van der Waals surface area contributed by atoms with Crippen LogP contribution in [0.5, 0.6) is 0 Å². The van der Waals surface area contributed by atoms with E-state index in [-0.39, 0.29) is 29.9 Å². The zero-order chi connectivity index (χ0) is 19.9. The Morgan fingerprint density at radius 1 is 1.07 bits per heavy atom. The number of hydrogen-bond acceptors (Lipinski definition) is 5. The number of ether oxygens (including phenoxy) is 1. The Morgan fingerprint density at radius 2 is 1.85 bits per heavy atom. The Bertz CT molecular complexity index is 417. The summed E-state index contributed by atoms with van der Waals surface area (Å²) in [6.07, 6.45) is 11.0. The van der Waals surface area contributed by atoms with Crippen LogP contribution in [0.4, 0.5) is 0 Å². The first-order chi connectivity index (χ1) is 13.1. The van der Waals surface area contributed by atoms with E-state index in [2.05, 4.69) is 17.6 Å². The third-order valence-electron chi connectivity index (χ3n) is 5.36. The summed E-state index contributed by atoms with van der Waals surface area (Å²) in [5, 5.41) is 6.58. The molecule has 1 fully saturated rings. The van der Waals surface area contributed by atoms with Crippen LogP contribution in [0.25, 0.3) is 0 Å². The van der Waals surface area contributed by atoms with E-state index in [0.29, 0.717) is 13.2 Å². The van der Waals surface area contributed by atoms with Crippen LogP contribution in [0.2, 0.25) is 0 Å². The standard InChI is InChI=1S/C21H41N3O3/c1-3-5-6-11-16-23-20(25)19(14-9-10-15-22)24-18-13-8-7-12-17(18)21(26)27-4-2/h17-19,24H,3-16,22H2,1-2H3,(H,23,25)/t17?,18?,19-/m0/s1. The summed E-state index contributed by atoms with van der Waals surface area (Å²) in [6, 6.07) is -0.241. The van der Waals surface area contributed by atoms with Crippen LogP contribution in [0.1, 0.15) is 84.5 Å². The number of nitrogens with two attached hydrogens (primary N) is 1. The second kappa shape index (κ2) is 14.9. The van der Waals surface area contributed by atoms with Gasteiger partial charge in [-0.3, -0.25) is 9.59 Å². The molecule has 0 saturated heterocycles. The molecule has 1 saturated carbocycles. The molecule has 3 atom stereocenters. The fourth-order valence-electron chi connectivity index (χ4n) is 3.79. The number of esters is 1. The van der Waals surface area contributed by atoms with E-state index in [0.717, 1.165) is 64.3 Å². The van der Waals surface area contributed by atoms with Gasteiger partial charge in [0.15, 0.2) is 0 Å². The first-order valence-electron chi connectivity index (χ1n) is 11.0. The van der Waals surface area contributed by atoms with Crippen LogP contribution in [0.3, 0.4) is 0 Å². The van der Waals surface area contributed by atoms with Gasteiger partial charge < -0.3 is 21.1 Å². The zero-order valence-electron chi connectivity index (χ0n) is 17.4. The maximum absolute atomic E-state index is 12.7. The van der Waals surface area contributed by atoms with Gasteiger partial charge in [-0.25, -0.2) is 0 Å². The molecule has 0 spiro atoms. The van der Waals surface area contributed by atoms with Crippen LogP contribution in [-0.2, 0) is 14.3 Å². The molecule has 6 nitrogen and oxygen atoms in total. The highest BCUT2D eigenvalue weighted by atomic mass is 16.5. The van der Waals surface area contributed by atoms with Gasteiger partial charge >= 0.3 is 5.97 Å². The number of carbonyl (C=O) groups is 2. The molecular formula is C21H41N3O3. The molecule has 27 heavy (non-hydrogen) atoms. The van der Waals surface area contributed by atoms with Crippen LogP contribution >= 0.6 is 0 Å². The largest absolute Gasteiger partial charge is 0.466 e. The molecule has 0 radical (unpaired) electrons. The lowest BCUT2D eigenvalue weighted by Gasteiger charge is -2.33. The molecule has 1 aliphatic rings. The molecule has 158 valence electrons. The van der Waals surface area contributed by atoms with E-state index in [9.17, 15) is 9.59 Å². The van der Waals surface area contributed by atoms with Gasteiger partial charge in [0, 0.05) is 12.6 Å². The van der Waals surface area contributed by atoms with E-state index in [4.69, 9.17) is 10.5 Å². The third kappa shape index (κ3) is 9.56. The van der Waals surface area contributed by atoms with Crippen molar-refractivity contribution in [1.82, 2.24) is 10.6 Å². The summed E-state index contributed by atoms with van der Waals surface area (Å²) < 4.78 is 5.26. The molecule has 0 aromatic rings. The van der Waals surface area contributed by atoms with Gasteiger partial charge in [-0.05, 0) is 45.6 Å². The first kappa shape index (κ1) is 23.9. The molecule has 0 heterocycles. The smallest absolute Gasteiger partial charge is 0.310 e. The number of hydrogen-bond donors (Lipinski definition) is 3. The third-order valence-corrected chi connectivity index (χ3v) is 5.36. The average Bonchev–Trinajstić information content (AvgIpc) is 2.67. The van der Waals surface area contributed by atoms with Crippen LogP contribution < -0.4 is 16.4 Å². The van der Waals surface area contributed by atoms with Gasteiger partial charge in [-0.1, -0.05) is 45.4 Å². The van der Waals surface area contributed by atoms with Crippen LogP contribution in [-0.4, -0.2) is 43.7 Å². The molecular weight excluding hydrogens is 342 g/mol. The summed E-state index contributed by atoms with van der Waals surface area (Å²) in [5.41, 5.74) is 5.61. The summed E-state index contributed by atoms with van der Waals surface area (Å²) in [4.78, 5) is 25.0. The number of rotatable bonds is 14. The van der Waals surface area contributed by atoms with Crippen molar-refractivity contribution in [2.75, 3.05) is 19.7 Å². The predicted octanol–water partition coefficient (Wildman–Crippen LogP) is 2.89. The van der Waals surface area contributed by atoms with Crippen molar-refractivity contribution in [1.29, 1.82) is 0 Å². The highest BCUT2D eigenvalue weighted by molar-refractivity contribution is 5.82. The monoisotopic (exact) mass is 383 g/mol. The lowest BCUT2D eigenvalue weighted by atomic mass is 9.83. The molecule has 0 bridgehead atoms. The van der Waals surface area contributed by atoms with Crippen LogP contribution in [0, 0.1) is 5.92 Å². The van der Waals surface area contributed by atoms with E-state index in [1.165, 1.54) is 12.8 Å². The Morgan fingerprint density at radius 3 is 2.56 bits per heavy atom. The summed E-state index contributed by atoms with van der Waals surface area (Å²) in [5.74, 6) is -0.222. The minimum Gasteiger partial charge on any atom is -0.466 e. The maximum atomic E-state index is 12.7. The molecule has 6 heteroatoms. The Kier molecular flexibility index (Phi) is 13.2. The summed E-state index contributed by atoms with van der Waals surface area (Å²) in [7, 11) is 0. The fourth-order valence-corrected chi connectivity index (χ4v) is 3.79. The van der Waals surface area contributed by atoms with Gasteiger partial charge in [0.05, 0.1) is 18.6 Å². The van der Waals surface area contributed by atoms with Gasteiger partial charge in [0.1, 0.15) is 0 Å². The lowest BCUT2D eigenvalue weighted by Crippen LogP contribution is -2.53. The summed E-state index contributed by atoms with van der Waals surface area (Å²) in [6.45, 7) is 5.78. The van der Waals surface area contributed by atoms with Crippen molar-refractivity contribution in [2.24, 2.45) is 11.7 Å². The normalized spacial score (nSPS) is 20.9. The number of amides is 1. The van der Waals surface area contributed by atoms with E-state index >= 15 is 0 Å². The summed E-state index contributed by atoms with van der Waals surface area (Å²) >= 11 is 0. The van der Waals surface area contributed by atoms with E-state index < -0.39 is 0 Å². The van der Waals surface area contributed by atoms with E-state index in [1.807, 2.05) is 6.92 Å². The van der Waals surface area contributed by atoms with Crippen molar-refractivity contribution >= 4 is 11.9 Å². The van der Waals surface area contributed by atoms with Crippen molar-refractivity contribution < 1.29 is 14.3 Å². The topological polar surface area (TPSA) is 93.5 Å². The lowest BCUT2D eigenvalue weighted by molar-refractivity contribution is -0.150. The van der Waals surface area contributed by atoms with Crippen molar-refractivity contribution in [3.05, 3.63) is 0 Å². The number of unbranched alkanes of at least 4 members (excludes halogenated alkanes) is 4. The quantitative estimate of drug-likeness (QED) is 0.317. The van der Waals surface area contributed by atoms with Crippen molar-refractivity contribution in [2.45, 2.75) is 96.6 Å². The van der Waals surface area contributed by atoms with Gasteiger partial charge in [-0.15, -0.1) is 0 Å². The molecule has 4 N–H and O–H groups in total. The first-order valence-corrected chi connectivity index (χ1v) is 11.0. The molecule has 0 aromatic carbocycles.